The van der Waals surface area contributed by atoms with Crippen molar-refractivity contribution in [1.29, 1.82) is 5.26 Å². The SMILES string of the molecule is Cc1cc(I)c(C(=O)Cl)cc1C#N. The number of hydrogen-bond acceptors (Lipinski definition) is 2. The first-order chi connectivity index (χ1) is 6.06. The van der Waals surface area contributed by atoms with E-state index < -0.39 is 5.24 Å². The lowest BCUT2D eigenvalue weighted by atomic mass is 10.1. The topological polar surface area (TPSA) is 40.9 Å². The lowest BCUT2D eigenvalue weighted by molar-refractivity contribution is 0.108. The molecular weight excluding hydrogens is 300 g/mol. The summed E-state index contributed by atoms with van der Waals surface area (Å²) in [5, 5.41) is 8.18. The molecule has 0 bridgehead atoms. The van der Waals surface area contributed by atoms with Gasteiger partial charge in [0.1, 0.15) is 0 Å². The van der Waals surface area contributed by atoms with Gasteiger partial charge in [0.05, 0.1) is 11.6 Å². The van der Waals surface area contributed by atoms with Crippen molar-refractivity contribution in [1.82, 2.24) is 0 Å². The number of carbonyl (C=O) groups excluding carboxylic acids is 1. The second kappa shape index (κ2) is 4.07. The molecule has 1 aromatic rings. The number of carbonyl (C=O) groups is 1. The number of nitrogens with zero attached hydrogens (tertiary/aromatic N) is 1. The number of rotatable bonds is 1. The number of aryl methyl sites for hydroxylation is 1. The van der Waals surface area contributed by atoms with Crippen molar-refractivity contribution >= 4 is 39.4 Å². The molecule has 0 atom stereocenters. The summed E-state index contributed by atoms with van der Waals surface area (Å²) in [6.07, 6.45) is 0. The maximum Gasteiger partial charge on any atom is 0.253 e. The summed E-state index contributed by atoms with van der Waals surface area (Å²) in [7, 11) is 0. The Labute approximate surface area is 94.6 Å². The summed E-state index contributed by atoms with van der Waals surface area (Å²) in [6, 6.07) is 5.30. The van der Waals surface area contributed by atoms with Gasteiger partial charge in [-0.05, 0) is 58.8 Å². The van der Waals surface area contributed by atoms with Gasteiger partial charge in [-0.1, -0.05) is 0 Å². The summed E-state index contributed by atoms with van der Waals surface area (Å²) in [5.74, 6) is 0. The van der Waals surface area contributed by atoms with Crippen molar-refractivity contribution in [2.45, 2.75) is 6.92 Å². The molecule has 0 fully saturated rings. The molecule has 1 aromatic carbocycles. The molecule has 0 saturated heterocycles. The number of hydrogen-bond donors (Lipinski definition) is 0. The van der Waals surface area contributed by atoms with Crippen LogP contribution in [0.5, 0.6) is 0 Å². The summed E-state index contributed by atoms with van der Waals surface area (Å²) in [4.78, 5) is 10.9. The van der Waals surface area contributed by atoms with Crippen LogP contribution in [0.15, 0.2) is 12.1 Å². The van der Waals surface area contributed by atoms with Crippen molar-refractivity contribution < 1.29 is 4.79 Å². The van der Waals surface area contributed by atoms with Gasteiger partial charge in [0, 0.05) is 9.13 Å². The predicted molar refractivity (Wildman–Crippen MR) is 58.8 cm³/mol. The lowest BCUT2D eigenvalue weighted by Crippen LogP contribution is -1.96. The quantitative estimate of drug-likeness (QED) is 0.591. The molecule has 0 spiro atoms. The molecule has 0 aromatic heterocycles. The summed E-state index contributed by atoms with van der Waals surface area (Å²) < 4.78 is 0.772. The van der Waals surface area contributed by atoms with Gasteiger partial charge >= 0.3 is 0 Å². The third kappa shape index (κ3) is 2.20. The van der Waals surface area contributed by atoms with Crippen LogP contribution in [0, 0.1) is 21.8 Å². The first-order valence-corrected chi connectivity index (χ1v) is 4.92. The Morgan fingerprint density at radius 2 is 2.23 bits per heavy atom. The standard InChI is InChI=1S/C9H5ClINO/c1-5-2-8(11)7(9(10)13)3-6(5)4-12/h2-3H,1H3. The Bertz CT molecular complexity index is 409. The Balaban J connectivity index is 3.41. The van der Waals surface area contributed by atoms with Crippen LogP contribution < -0.4 is 0 Å². The summed E-state index contributed by atoms with van der Waals surface area (Å²) in [5.41, 5.74) is 1.74. The molecule has 0 aliphatic rings. The van der Waals surface area contributed by atoms with Crippen molar-refractivity contribution in [2.24, 2.45) is 0 Å². The second-order valence-electron chi connectivity index (χ2n) is 2.53. The Morgan fingerprint density at radius 3 is 2.69 bits per heavy atom. The van der Waals surface area contributed by atoms with Gasteiger partial charge in [-0.2, -0.15) is 5.26 Å². The summed E-state index contributed by atoms with van der Waals surface area (Å²) >= 11 is 7.36. The molecular formula is C9H5ClINO. The molecule has 0 radical (unpaired) electrons. The van der Waals surface area contributed by atoms with E-state index in [0.29, 0.717) is 11.1 Å². The molecule has 1 rings (SSSR count). The van der Waals surface area contributed by atoms with E-state index in [-0.39, 0.29) is 0 Å². The van der Waals surface area contributed by atoms with Crippen LogP contribution in [0.4, 0.5) is 0 Å². The molecule has 0 aliphatic carbocycles. The Morgan fingerprint density at radius 1 is 1.62 bits per heavy atom. The maximum atomic E-state index is 10.9. The average molecular weight is 306 g/mol. The zero-order valence-corrected chi connectivity index (χ0v) is 9.68. The molecule has 2 nitrogen and oxygen atoms in total. The molecule has 0 heterocycles. The molecule has 4 heteroatoms. The second-order valence-corrected chi connectivity index (χ2v) is 4.04. The molecule has 0 amide bonds. The monoisotopic (exact) mass is 305 g/mol. The van der Waals surface area contributed by atoms with E-state index in [2.05, 4.69) is 0 Å². The van der Waals surface area contributed by atoms with Gasteiger partial charge < -0.3 is 0 Å². The van der Waals surface area contributed by atoms with E-state index in [4.69, 9.17) is 16.9 Å². The van der Waals surface area contributed by atoms with Crippen LogP contribution in [0.2, 0.25) is 0 Å². The van der Waals surface area contributed by atoms with Crippen molar-refractivity contribution in [3.05, 3.63) is 32.4 Å². The first-order valence-electron chi connectivity index (χ1n) is 3.46. The smallest absolute Gasteiger partial charge is 0.253 e. The average Bonchev–Trinajstić information content (AvgIpc) is 2.03. The van der Waals surface area contributed by atoms with E-state index in [0.717, 1.165) is 9.13 Å². The maximum absolute atomic E-state index is 10.9. The number of nitriles is 1. The normalized spacial score (nSPS) is 9.38. The van der Waals surface area contributed by atoms with E-state index in [1.54, 1.807) is 6.07 Å². The minimum Gasteiger partial charge on any atom is -0.276 e. The zero-order chi connectivity index (χ0) is 10.0. The van der Waals surface area contributed by atoms with Crippen LogP contribution in [-0.4, -0.2) is 5.24 Å². The lowest BCUT2D eigenvalue weighted by Gasteiger charge is -2.02. The van der Waals surface area contributed by atoms with Crippen LogP contribution >= 0.6 is 34.2 Å². The van der Waals surface area contributed by atoms with Gasteiger partial charge in [0.25, 0.3) is 5.24 Å². The molecule has 0 saturated carbocycles. The predicted octanol–water partition coefficient (Wildman–Crippen LogP) is 2.85. The highest BCUT2D eigenvalue weighted by Crippen LogP contribution is 2.19. The van der Waals surface area contributed by atoms with Crippen molar-refractivity contribution in [3.8, 4) is 6.07 Å². The third-order valence-corrected chi connectivity index (χ3v) is 2.74. The number of benzene rings is 1. The molecule has 13 heavy (non-hydrogen) atoms. The van der Waals surface area contributed by atoms with E-state index in [1.165, 1.54) is 6.07 Å². The van der Waals surface area contributed by atoms with E-state index in [9.17, 15) is 4.79 Å². The summed E-state index contributed by atoms with van der Waals surface area (Å²) in [6.45, 7) is 1.82. The van der Waals surface area contributed by atoms with Gasteiger partial charge in [0.2, 0.25) is 0 Å². The minimum absolute atomic E-state index is 0.393. The van der Waals surface area contributed by atoms with Crippen molar-refractivity contribution in [3.63, 3.8) is 0 Å². The largest absolute Gasteiger partial charge is 0.276 e. The fraction of sp³-hybridized carbons (Fsp3) is 0.111. The third-order valence-electron chi connectivity index (χ3n) is 1.65. The fourth-order valence-corrected chi connectivity index (χ4v) is 2.13. The van der Waals surface area contributed by atoms with Crippen LogP contribution in [0.25, 0.3) is 0 Å². The van der Waals surface area contributed by atoms with Gasteiger partial charge in [0.15, 0.2) is 0 Å². The highest BCUT2D eigenvalue weighted by Gasteiger charge is 2.10. The molecule has 0 unspecified atom stereocenters. The van der Waals surface area contributed by atoms with Crippen LogP contribution in [-0.2, 0) is 0 Å². The highest BCUT2D eigenvalue weighted by atomic mass is 127. The molecule has 0 N–H and O–H groups in total. The Hall–Kier alpha value is -0.600. The molecule has 0 aliphatic heterocycles. The fourth-order valence-electron chi connectivity index (χ4n) is 0.944. The first kappa shape index (κ1) is 10.5. The molecule has 66 valence electrons. The van der Waals surface area contributed by atoms with E-state index >= 15 is 0 Å². The van der Waals surface area contributed by atoms with E-state index in [1.807, 2.05) is 35.6 Å². The van der Waals surface area contributed by atoms with Gasteiger partial charge in [-0.25, -0.2) is 0 Å². The van der Waals surface area contributed by atoms with Gasteiger partial charge in [-0.15, -0.1) is 0 Å². The highest BCUT2D eigenvalue weighted by molar-refractivity contribution is 14.1. The van der Waals surface area contributed by atoms with Crippen LogP contribution in [0.1, 0.15) is 21.5 Å². The zero-order valence-electron chi connectivity index (χ0n) is 6.77. The minimum atomic E-state index is -0.527. The number of halogens is 2. The van der Waals surface area contributed by atoms with Gasteiger partial charge in [-0.3, -0.25) is 4.79 Å². The van der Waals surface area contributed by atoms with Crippen molar-refractivity contribution in [2.75, 3.05) is 0 Å². The Kier molecular flexibility index (Phi) is 3.28. The van der Waals surface area contributed by atoms with Crippen LogP contribution in [0.3, 0.4) is 0 Å².